The number of hydrogen-bond acceptors (Lipinski definition) is 6. The molecule has 0 saturated heterocycles. The molecule has 1 aliphatic rings. The Hall–Kier alpha value is -3.48. The van der Waals surface area contributed by atoms with Crippen molar-refractivity contribution in [2.75, 3.05) is 19.5 Å². The minimum Gasteiger partial charge on any atom is -0.497 e. The molecule has 1 atom stereocenters. The maximum absolute atomic E-state index is 13.1. The van der Waals surface area contributed by atoms with Crippen molar-refractivity contribution < 1.29 is 18.7 Å². The Kier molecular flexibility index (Phi) is 5.12. The Morgan fingerprint density at radius 1 is 1.07 bits per heavy atom. The summed E-state index contributed by atoms with van der Waals surface area (Å²) in [6, 6.07) is 11.5. The van der Waals surface area contributed by atoms with E-state index >= 15 is 0 Å². The number of methoxy groups -OCH3 is 2. The summed E-state index contributed by atoms with van der Waals surface area (Å²) in [5.41, 5.74) is 2.84. The fourth-order valence-electron chi connectivity index (χ4n) is 3.54. The van der Waals surface area contributed by atoms with Crippen LogP contribution in [0.15, 0.2) is 48.7 Å². The number of halogens is 1. The van der Waals surface area contributed by atoms with E-state index in [0.717, 1.165) is 5.56 Å². The average Bonchev–Trinajstić information content (AvgIpc) is 2.74. The minimum absolute atomic E-state index is 0.00227. The Morgan fingerprint density at radius 2 is 1.86 bits per heavy atom. The van der Waals surface area contributed by atoms with E-state index in [1.54, 1.807) is 32.5 Å². The second kappa shape index (κ2) is 7.87. The molecule has 148 valence electrons. The van der Waals surface area contributed by atoms with Crippen molar-refractivity contribution >= 4 is 17.4 Å². The van der Waals surface area contributed by atoms with Gasteiger partial charge in [-0.3, -0.25) is 4.79 Å². The van der Waals surface area contributed by atoms with E-state index in [-0.39, 0.29) is 17.5 Å². The Bertz CT molecular complexity index is 1050. The van der Waals surface area contributed by atoms with Crippen LogP contribution in [0.5, 0.6) is 11.5 Å². The van der Waals surface area contributed by atoms with Crippen LogP contribution >= 0.6 is 0 Å². The Balaban J connectivity index is 1.62. The standard InChI is InChI=1S/C22H20FN3O3/c1-28-16-7-8-17(21(11-16)29-2)13-9-19-18(20(27)10-13)12-24-22(26-19)25-15-5-3-14(23)4-6-15/h3-8,11-13H,9-10H2,1-2H3,(H,24,25,26). The zero-order valence-electron chi connectivity index (χ0n) is 16.1. The van der Waals surface area contributed by atoms with E-state index in [0.29, 0.717) is 47.2 Å². The molecule has 6 nitrogen and oxygen atoms in total. The largest absolute Gasteiger partial charge is 0.497 e. The van der Waals surface area contributed by atoms with Crippen molar-refractivity contribution in [3.8, 4) is 11.5 Å². The lowest BCUT2D eigenvalue weighted by Crippen LogP contribution is -2.21. The van der Waals surface area contributed by atoms with Gasteiger partial charge in [0.05, 0.1) is 25.5 Å². The summed E-state index contributed by atoms with van der Waals surface area (Å²) in [4.78, 5) is 21.5. The van der Waals surface area contributed by atoms with Gasteiger partial charge in [0.1, 0.15) is 17.3 Å². The first-order chi connectivity index (χ1) is 14.1. The number of ether oxygens (including phenoxy) is 2. The van der Waals surface area contributed by atoms with E-state index < -0.39 is 0 Å². The molecule has 1 unspecified atom stereocenters. The number of hydrogen-bond donors (Lipinski definition) is 1. The van der Waals surface area contributed by atoms with Crippen LogP contribution in [0.25, 0.3) is 0 Å². The molecule has 29 heavy (non-hydrogen) atoms. The summed E-state index contributed by atoms with van der Waals surface area (Å²) in [6.45, 7) is 0. The number of benzene rings is 2. The maximum atomic E-state index is 13.1. The molecule has 0 aliphatic heterocycles. The van der Waals surface area contributed by atoms with Crippen molar-refractivity contribution in [1.29, 1.82) is 0 Å². The van der Waals surface area contributed by atoms with Gasteiger partial charge in [-0.25, -0.2) is 14.4 Å². The predicted molar refractivity (Wildman–Crippen MR) is 107 cm³/mol. The maximum Gasteiger partial charge on any atom is 0.227 e. The quantitative estimate of drug-likeness (QED) is 0.697. The first kappa shape index (κ1) is 18.9. The Labute approximate surface area is 167 Å². The van der Waals surface area contributed by atoms with E-state index in [1.807, 2.05) is 18.2 Å². The number of anilines is 2. The fraction of sp³-hybridized carbons (Fsp3) is 0.227. The highest BCUT2D eigenvalue weighted by atomic mass is 19.1. The molecule has 1 heterocycles. The van der Waals surface area contributed by atoms with Crippen molar-refractivity contribution in [2.45, 2.75) is 18.8 Å². The normalized spacial score (nSPS) is 15.6. The first-order valence-corrected chi connectivity index (χ1v) is 9.21. The van der Waals surface area contributed by atoms with Crippen LogP contribution in [-0.4, -0.2) is 30.0 Å². The monoisotopic (exact) mass is 393 g/mol. The molecule has 0 bridgehead atoms. The van der Waals surface area contributed by atoms with Crippen molar-refractivity contribution in [3.63, 3.8) is 0 Å². The highest BCUT2D eigenvalue weighted by Gasteiger charge is 2.30. The molecule has 3 aromatic rings. The summed E-state index contributed by atoms with van der Waals surface area (Å²) in [5, 5.41) is 3.05. The van der Waals surface area contributed by atoms with Crippen molar-refractivity contribution in [3.05, 3.63) is 71.3 Å². The van der Waals surface area contributed by atoms with Crippen molar-refractivity contribution in [2.24, 2.45) is 0 Å². The first-order valence-electron chi connectivity index (χ1n) is 9.21. The highest BCUT2D eigenvalue weighted by molar-refractivity contribution is 5.98. The predicted octanol–water partition coefficient (Wildman–Crippen LogP) is 4.29. The van der Waals surface area contributed by atoms with Gasteiger partial charge in [-0.05, 0) is 42.3 Å². The molecular formula is C22H20FN3O3. The molecule has 0 amide bonds. The number of carbonyl (C=O) groups is 1. The molecule has 0 radical (unpaired) electrons. The number of carbonyl (C=O) groups excluding carboxylic acids is 1. The summed E-state index contributed by atoms with van der Waals surface area (Å²) < 4.78 is 23.9. The molecule has 0 fully saturated rings. The lowest BCUT2D eigenvalue weighted by molar-refractivity contribution is 0.0962. The average molecular weight is 393 g/mol. The number of ketones is 1. The Morgan fingerprint density at radius 3 is 2.59 bits per heavy atom. The molecule has 0 spiro atoms. The van der Waals surface area contributed by atoms with Crippen LogP contribution in [0.1, 0.15) is 34.0 Å². The molecule has 1 aromatic heterocycles. The van der Waals surface area contributed by atoms with Gasteiger partial charge in [0, 0.05) is 30.3 Å². The smallest absolute Gasteiger partial charge is 0.227 e. The highest BCUT2D eigenvalue weighted by Crippen LogP contribution is 2.38. The topological polar surface area (TPSA) is 73.3 Å². The van der Waals surface area contributed by atoms with E-state index in [9.17, 15) is 9.18 Å². The van der Waals surface area contributed by atoms with Crippen LogP contribution in [0, 0.1) is 5.82 Å². The zero-order chi connectivity index (χ0) is 20.4. The van der Waals surface area contributed by atoms with Crippen LogP contribution in [0.2, 0.25) is 0 Å². The van der Waals surface area contributed by atoms with Crippen molar-refractivity contribution in [1.82, 2.24) is 9.97 Å². The number of aromatic nitrogens is 2. The molecule has 2 aromatic carbocycles. The number of nitrogens with zero attached hydrogens (tertiary/aromatic N) is 2. The van der Waals surface area contributed by atoms with Gasteiger partial charge in [0.2, 0.25) is 5.95 Å². The molecule has 7 heteroatoms. The fourth-order valence-corrected chi connectivity index (χ4v) is 3.54. The number of Topliss-reactive ketones (excluding diaryl/α,β-unsaturated/α-hetero) is 1. The summed E-state index contributed by atoms with van der Waals surface area (Å²) in [6.07, 6.45) is 2.51. The second-order valence-corrected chi connectivity index (χ2v) is 6.82. The number of fused-ring (bicyclic) bond motifs is 1. The SMILES string of the molecule is COc1ccc(C2CC(=O)c3cnc(Nc4ccc(F)cc4)nc3C2)c(OC)c1. The van der Waals surface area contributed by atoms with Gasteiger partial charge in [-0.15, -0.1) is 0 Å². The summed E-state index contributed by atoms with van der Waals surface area (Å²) in [7, 11) is 3.20. The van der Waals surface area contributed by atoms with Crippen LogP contribution in [-0.2, 0) is 6.42 Å². The zero-order valence-corrected chi connectivity index (χ0v) is 16.1. The molecule has 1 N–H and O–H groups in total. The molecular weight excluding hydrogens is 373 g/mol. The molecule has 4 rings (SSSR count). The molecule has 0 saturated carbocycles. The van der Waals surface area contributed by atoms with Crippen LogP contribution in [0.3, 0.4) is 0 Å². The minimum atomic E-state index is -0.316. The van der Waals surface area contributed by atoms with Gasteiger partial charge < -0.3 is 14.8 Å². The summed E-state index contributed by atoms with van der Waals surface area (Å²) >= 11 is 0. The van der Waals surface area contributed by atoms with Gasteiger partial charge in [-0.2, -0.15) is 0 Å². The lowest BCUT2D eigenvalue weighted by atomic mass is 9.82. The lowest BCUT2D eigenvalue weighted by Gasteiger charge is -2.25. The van der Waals surface area contributed by atoms with E-state index in [2.05, 4.69) is 15.3 Å². The summed E-state index contributed by atoms with van der Waals surface area (Å²) in [5.74, 6) is 1.38. The van der Waals surface area contributed by atoms with E-state index in [1.165, 1.54) is 12.1 Å². The van der Waals surface area contributed by atoms with Gasteiger partial charge in [0.25, 0.3) is 0 Å². The van der Waals surface area contributed by atoms with Gasteiger partial charge in [-0.1, -0.05) is 6.07 Å². The van der Waals surface area contributed by atoms with Gasteiger partial charge >= 0.3 is 0 Å². The number of nitrogens with one attached hydrogen (secondary N) is 1. The third-order valence-electron chi connectivity index (χ3n) is 5.02. The van der Waals surface area contributed by atoms with Crippen LogP contribution in [0.4, 0.5) is 16.0 Å². The molecule has 1 aliphatic carbocycles. The van der Waals surface area contributed by atoms with Gasteiger partial charge in [0.15, 0.2) is 5.78 Å². The third kappa shape index (κ3) is 3.89. The number of rotatable bonds is 5. The van der Waals surface area contributed by atoms with Crippen LogP contribution < -0.4 is 14.8 Å². The third-order valence-corrected chi connectivity index (χ3v) is 5.02. The second-order valence-electron chi connectivity index (χ2n) is 6.82. The van der Waals surface area contributed by atoms with E-state index in [4.69, 9.17) is 9.47 Å².